The zero-order valence-electron chi connectivity index (χ0n) is 9.79. The van der Waals surface area contributed by atoms with Crippen molar-refractivity contribution in [3.05, 3.63) is 0 Å². The molecule has 0 amide bonds. The van der Waals surface area contributed by atoms with Crippen LogP contribution in [-0.4, -0.2) is 30.3 Å². The second-order valence-corrected chi connectivity index (χ2v) is 4.99. The second kappa shape index (κ2) is 9.01. The van der Waals surface area contributed by atoms with E-state index in [1.807, 2.05) is 13.8 Å². The molecule has 0 aliphatic heterocycles. The summed E-state index contributed by atoms with van der Waals surface area (Å²) in [6, 6.07) is 0. The molecule has 0 heterocycles. The molecule has 2 nitrogen and oxygen atoms in total. The number of unbranched alkanes of at least 4 members (excludes halogenated alkanes) is 1. The van der Waals surface area contributed by atoms with Crippen molar-refractivity contribution in [1.82, 2.24) is 0 Å². The third-order valence-corrected chi connectivity index (χ3v) is 3.47. The summed E-state index contributed by atoms with van der Waals surface area (Å²) >= 11 is 1.57. The highest BCUT2D eigenvalue weighted by Crippen LogP contribution is 2.16. The molecule has 0 bridgehead atoms. The van der Waals surface area contributed by atoms with Crippen molar-refractivity contribution in [2.45, 2.75) is 51.0 Å². The maximum absolute atomic E-state index is 12.8. The molecule has 0 N–H and O–H groups in total. The molecule has 0 aromatic carbocycles. The fourth-order valence-corrected chi connectivity index (χ4v) is 2.12. The quantitative estimate of drug-likeness (QED) is 0.478. The first-order valence-electron chi connectivity index (χ1n) is 5.45. The molecule has 0 aromatic rings. The highest BCUT2D eigenvalue weighted by Gasteiger charge is 2.12. The van der Waals surface area contributed by atoms with Crippen molar-refractivity contribution in [2.24, 2.45) is 0 Å². The lowest BCUT2D eigenvalue weighted by Gasteiger charge is -2.08. The lowest BCUT2D eigenvalue weighted by molar-refractivity contribution is -0.139. The Morgan fingerprint density at radius 3 is 2.67 bits per heavy atom. The number of alkyl halides is 1. The number of rotatable bonds is 8. The summed E-state index contributed by atoms with van der Waals surface area (Å²) in [6.07, 6.45) is 2.45. The van der Waals surface area contributed by atoms with Crippen LogP contribution in [0.15, 0.2) is 0 Å². The molecule has 2 unspecified atom stereocenters. The van der Waals surface area contributed by atoms with Gasteiger partial charge in [0.25, 0.3) is 0 Å². The van der Waals surface area contributed by atoms with Crippen LogP contribution in [0.4, 0.5) is 4.39 Å². The number of esters is 1. The van der Waals surface area contributed by atoms with Crippen molar-refractivity contribution < 1.29 is 13.9 Å². The van der Waals surface area contributed by atoms with Crippen LogP contribution >= 0.6 is 11.8 Å². The summed E-state index contributed by atoms with van der Waals surface area (Å²) in [5.74, 6) is 0.712. The smallest absolute Gasteiger partial charge is 0.318 e. The van der Waals surface area contributed by atoms with Gasteiger partial charge in [0, 0.05) is 0 Å². The predicted molar refractivity (Wildman–Crippen MR) is 63.0 cm³/mol. The first-order valence-corrected chi connectivity index (χ1v) is 6.50. The van der Waals surface area contributed by atoms with Crippen LogP contribution in [0.2, 0.25) is 0 Å². The van der Waals surface area contributed by atoms with Gasteiger partial charge in [-0.05, 0) is 38.4 Å². The van der Waals surface area contributed by atoms with E-state index in [1.165, 1.54) is 7.11 Å². The maximum atomic E-state index is 12.8. The van der Waals surface area contributed by atoms with Gasteiger partial charge >= 0.3 is 5.97 Å². The number of hydrogen-bond donors (Lipinski definition) is 0. The zero-order chi connectivity index (χ0) is 11.7. The molecule has 90 valence electrons. The van der Waals surface area contributed by atoms with Crippen LogP contribution in [0.1, 0.15) is 39.5 Å². The Morgan fingerprint density at radius 1 is 1.47 bits per heavy atom. The molecule has 0 rings (SSSR count). The number of thioether (sulfide) groups is 1. The standard InChI is InChI=1S/C11H21FO2S/c1-4-10(12)7-5-6-8-15-9(2)11(13)14-3/h9-10H,4-8H2,1-3H3. The van der Waals surface area contributed by atoms with Gasteiger partial charge in [-0.2, -0.15) is 0 Å². The van der Waals surface area contributed by atoms with Gasteiger partial charge in [0.15, 0.2) is 0 Å². The van der Waals surface area contributed by atoms with Crippen LogP contribution in [0.25, 0.3) is 0 Å². The Morgan fingerprint density at radius 2 is 2.13 bits per heavy atom. The lowest BCUT2D eigenvalue weighted by Crippen LogP contribution is -2.15. The molecule has 0 aliphatic rings. The topological polar surface area (TPSA) is 26.3 Å². The Hall–Kier alpha value is -0.250. The molecule has 0 fully saturated rings. The number of hydrogen-bond acceptors (Lipinski definition) is 3. The van der Waals surface area contributed by atoms with E-state index >= 15 is 0 Å². The van der Waals surface area contributed by atoms with Gasteiger partial charge in [0.1, 0.15) is 0 Å². The van der Waals surface area contributed by atoms with Gasteiger partial charge in [-0.25, -0.2) is 4.39 Å². The highest BCUT2D eigenvalue weighted by atomic mass is 32.2. The van der Waals surface area contributed by atoms with E-state index in [0.717, 1.165) is 18.6 Å². The number of carbonyl (C=O) groups is 1. The van der Waals surface area contributed by atoms with Gasteiger partial charge in [-0.3, -0.25) is 4.79 Å². The SMILES string of the molecule is CCC(F)CCCCSC(C)C(=O)OC. The van der Waals surface area contributed by atoms with Gasteiger partial charge in [-0.15, -0.1) is 11.8 Å². The minimum absolute atomic E-state index is 0.109. The van der Waals surface area contributed by atoms with Crippen LogP contribution < -0.4 is 0 Å². The molecule has 4 heteroatoms. The normalized spacial score (nSPS) is 14.7. The molecule has 0 saturated carbocycles. The minimum atomic E-state index is -0.659. The summed E-state index contributed by atoms with van der Waals surface area (Å²) in [7, 11) is 1.40. The maximum Gasteiger partial charge on any atom is 0.318 e. The summed E-state index contributed by atoms with van der Waals surface area (Å²) in [5.41, 5.74) is 0. The molecule has 0 radical (unpaired) electrons. The average Bonchev–Trinajstić information content (AvgIpc) is 2.26. The summed E-state index contributed by atoms with van der Waals surface area (Å²) in [5, 5.41) is -0.109. The molecule has 15 heavy (non-hydrogen) atoms. The second-order valence-electron chi connectivity index (χ2n) is 3.54. The zero-order valence-corrected chi connectivity index (χ0v) is 10.6. The Bertz CT molecular complexity index is 176. The number of halogens is 1. The van der Waals surface area contributed by atoms with Crippen molar-refractivity contribution in [3.63, 3.8) is 0 Å². The lowest BCUT2D eigenvalue weighted by atomic mass is 10.1. The third-order valence-electron chi connectivity index (χ3n) is 2.26. The molecule has 0 saturated heterocycles. The minimum Gasteiger partial charge on any atom is -0.468 e. The number of ether oxygens (including phenoxy) is 1. The first kappa shape index (κ1) is 14.8. The third kappa shape index (κ3) is 7.65. The van der Waals surface area contributed by atoms with Crippen molar-refractivity contribution in [1.29, 1.82) is 0 Å². The van der Waals surface area contributed by atoms with Gasteiger partial charge in [-0.1, -0.05) is 6.92 Å². The Kier molecular flexibility index (Phi) is 8.86. The van der Waals surface area contributed by atoms with Crippen molar-refractivity contribution in [3.8, 4) is 0 Å². The van der Waals surface area contributed by atoms with Crippen LogP contribution in [0.5, 0.6) is 0 Å². The van der Waals surface area contributed by atoms with E-state index in [1.54, 1.807) is 11.8 Å². The molecular weight excluding hydrogens is 215 g/mol. The first-order chi connectivity index (χ1) is 7.11. The summed E-state index contributed by atoms with van der Waals surface area (Å²) < 4.78 is 17.4. The Balaban J connectivity index is 3.34. The predicted octanol–water partition coefficient (Wildman–Crippen LogP) is 3.20. The van der Waals surface area contributed by atoms with Crippen molar-refractivity contribution >= 4 is 17.7 Å². The number of carbonyl (C=O) groups excluding carboxylic acids is 1. The monoisotopic (exact) mass is 236 g/mol. The van der Waals surface area contributed by atoms with E-state index in [0.29, 0.717) is 12.8 Å². The molecule has 0 aliphatic carbocycles. The molecule has 0 spiro atoms. The molecule has 2 atom stereocenters. The van der Waals surface area contributed by atoms with Gasteiger partial charge in [0.05, 0.1) is 18.5 Å². The fraction of sp³-hybridized carbons (Fsp3) is 0.909. The van der Waals surface area contributed by atoms with E-state index < -0.39 is 6.17 Å². The fourth-order valence-electron chi connectivity index (χ4n) is 1.17. The largest absolute Gasteiger partial charge is 0.468 e. The molecular formula is C11H21FO2S. The van der Waals surface area contributed by atoms with E-state index in [4.69, 9.17) is 0 Å². The Labute approximate surface area is 96.0 Å². The molecule has 0 aromatic heterocycles. The van der Waals surface area contributed by atoms with Crippen LogP contribution in [0, 0.1) is 0 Å². The van der Waals surface area contributed by atoms with Crippen LogP contribution in [0.3, 0.4) is 0 Å². The van der Waals surface area contributed by atoms with E-state index in [-0.39, 0.29) is 11.2 Å². The average molecular weight is 236 g/mol. The number of methoxy groups -OCH3 is 1. The van der Waals surface area contributed by atoms with Gasteiger partial charge < -0.3 is 4.74 Å². The summed E-state index contributed by atoms with van der Waals surface area (Å²) in [6.45, 7) is 3.69. The van der Waals surface area contributed by atoms with Gasteiger partial charge in [0.2, 0.25) is 0 Å². The van der Waals surface area contributed by atoms with E-state index in [9.17, 15) is 9.18 Å². The van der Waals surface area contributed by atoms with Crippen molar-refractivity contribution in [2.75, 3.05) is 12.9 Å². The van der Waals surface area contributed by atoms with Crippen LogP contribution in [-0.2, 0) is 9.53 Å². The van der Waals surface area contributed by atoms with E-state index in [2.05, 4.69) is 4.74 Å². The highest BCUT2D eigenvalue weighted by molar-refractivity contribution is 8.00. The summed E-state index contributed by atoms with van der Waals surface area (Å²) in [4.78, 5) is 11.0.